The van der Waals surface area contributed by atoms with E-state index in [-0.39, 0.29) is 55.3 Å². The highest BCUT2D eigenvalue weighted by atomic mass is 28.3. The van der Waals surface area contributed by atoms with Crippen LogP contribution in [0.5, 0.6) is 11.5 Å². The Balaban J connectivity index is 1.22. The van der Waals surface area contributed by atoms with Crippen LogP contribution in [0.4, 0.5) is 11.4 Å². The van der Waals surface area contributed by atoms with Crippen LogP contribution in [-0.2, 0) is 33.0 Å². The summed E-state index contributed by atoms with van der Waals surface area (Å²) in [6, 6.07) is 40.1. The van der Waals surface area contributed by atoms with Gasteiger partial charge in [-0.05, 0) is 71.3 Å². The summed E-state index contributed by atoms with van der Waals surface area (Å²) in [6.45, 7) is 7.30. The number of fused-ring (bicyclic) bond motifs is 2. The largest absolute Gasteiger partial charge is 0.497 e. The second-order valence-corrected chi connectivity index (χ2v) is 20.4. The number of carbonyl (C=O) groups excluding carboxylic acids is 3. The number of amides is 3. The topological polar surface area (TPSA) is 118 Å². The summed E-state index contributed by atoms with van der Waals surface area (Å²) < 4.78 is 17.9. The highest BCUT2D eigenvalue weighted by Gasteiger charge is 2.66. The monoisotopic (exact) mass is 797 g/mol. The predicted molar refractivity (Wildman–Crippen MR) is 228 cm³/mol. The van der Waals surface area contributed by atoms with Gasteiger partial charge in [-0.3, -0.25) is 14.4 Å². The number of carbonyl (C=O) groups is 3. The molecule has 0 aromatic heterocycles. The zero-order valence-corrected chi connectivity index (χ0v) is 34.7. The molecule has 5 aromatic carbocycles. The van der Waals surface area contributed by atoms with Crippen LogP contribution in [0.15, 0.2) is 127 Å². The number of nitrogens with zero attached hydrogens (tertiary/aromatic N) is 2. The molecule has 58 heavy (non-hydrogen) atoms. The van der Waals surface area contributed by atoms with Gasteiger partial charge < -0.3 is 34.4 Å². The summed E-state index contributed by atoms with van der Waals surface area (Å²) in [7, 11) is 0.707. The summed E-state index contributed by atoms with van der Waals surface area (Å²) in [5, 5.41) is 14.2. The van der Waals surface area contributed by atoms with Crippen LogP contribution in [0.25, 0.3) is 0 Å². The fourth-order valence-electron chi connectivity index (χ4n) is 9.02. The van der Waals surface area contributed by atoms with Gasteiger partial charge in [-0.25, -0.2) is 0 Å². The van der Waals surface area contributed by atoms with Gasteiger partial charge in [0.05, 0.1) is 53.7 Å². The highest BCUT2D eigenvalue weighted by Crippen LogP contribution is 2.60. The van der Waals surface area contributed by atoms with Gasteiger partial charge in [-0.2, -0.15) is 0 Å². The zero-order valence-electron chi connectivity index (χ0n) is 33.7. The summed E-state index contributed by atoms with van der Waals surface area (Å²) in [5.74, 6) is 0.544. The zero-order chi connectivity index (χ0) is 41.0. The number of hydrogen-bond acceptors (Lipinski definition) is 7. The van der Waals surface area contributed by atoms with Crippen LogP contribution in [0, 0.1) is 5.92 Å². The van der Waals surface area contributed by atoms with Crippen molar-refractivity contribution in [1.29, 1.82) is 0 Å². The maximum Gasteiger partial charge on any atom is 0.264 e. The second-order valence-electron chi connectivity index (χ2n) is 15.7. The van der Waals surface area contributed by atoms with Gasteiger partial charge in [0.25, 0.3) is 11.8 Å². The average molecular weight is 798 g/mol. The Morgan fingerprint density at radius 2 is 1.48 bits per heavy atom. The van der Waals surface area contributed by atoms with Gasteiger partial charge in [-0.1, -0.05) is 98.0 Å². The molecular weight excluding hydrogens is 747 g/mol. The van der Waals surface area contributed by atoms with E-state index in [4.69, 9.17) is 14.2 Å². The maximum atomic E-state index is 15.3. The number of para-hydroxylation sites is 1. The minimum atomic E-state index is -2.52. The molecule has 7 rings (SSSR count). The van der Waals surface area contributed by atoms with Gasteiger partial charge in [0.15, 0.2) is 5.60 Å². The number of ether oxygens (including phenoxy) is 3. The molecule has 2 aliphatic heterocycles. The van der Waals surface area contributed by atoms with Crippen LogP contribution >= 0.6 is 0 Å². The molecule has 0 aliphatic carbocycles. The molecule has 1 spiro atoms. The minimum absolute atomic E-state index is 0.0571. The van der Waals surface area contributed by atoms with Crippen LogP contribution in [0.1, 0.15) is 40.4 Å². The molecule has 3 amide bonds. The van der Waals surface area contributed by atoms with Crippen molar-refractivity contribution in [2.45, 2.75) is 56.8 Å². The number of benzene rings is 5. The maximum absolute atomic E-state index is 15.3. The van der Waals surface area contributed by atoms with E-state index in [2.05, 4.69) is 37.5 Å². The lowest BCUT2D eigenvalue weighted by atomic mass is 9.82. The first kappa shape index (κ1) is 40.4. The molecule has 1 fully saturated rings. The number of anilines is 2. The minimum Gasteiger partial charge on any atom is -0.497 e. The summed E-state index contributed by atoms with van der Waals surface area (Å²) in [4.78, 5) is 46.3. The Morgan fingerprint density at radius 1 is 0.845 bits per heavy atom. The third kappa shape index (κ3) is 7.77. The number of rotatable bonds is 14. The average Bonchev–Trinajstić information content (AvgIpc) is 3.67. The molecule has 2 N–H and O–H groups in total. The van der Waals surface area contributed by atoms with Crippen molar-refractivity contribution in [3.8, 4) is 11.5 Å². The number of nitrogens with one attached hydrogen (secondary N) is 1. The first-order valence-electron chi connectivity index (χ1n) is 19.7. The van der Waals surface area contributed by atoms with Crippen molar-refractivity contribution < 1.29 is 33.7 Å². The van der Waals surface area contributed by atoms with E-state index in [0.29, 0.717) is 23.5 Å². The quantitative estimate of drug-likeness (QED) is 0.115. The van der Waals surface area contributed by atoms with Gasteiger partial charge in [0.1, 0.15) is 11.5 Å². The van der Waals surface area contributed by atoms with Crippen molar-refractivity contribution in [2.75, 3.05) is 37.6 Å². The fourth-order valence-corrected chi connectivity index (χ4v) is 13.0. The Hall–Kier alpha value is -5.75. The van der Waals surface area contributed by atoms with E-state index in [0.717, 1.165) is 28.1 Å². The van der Waals surface area contributed by atoms with E-state index in [1.165, 1.54) is 5.19 Å². The SMILES string of the molecule is COc1ccc(C(=O)Nc2cccc(CN3C(=O)[C@]4(O[C@H](CC(=O)N(CCO)Cc5ccccc5)[C@@H]([Si](C)(C)c5ccc(OC)cc5)[C@@H]4C)c4ccccc43)c2)cc1. The standard InChI is InChI=1S/C47H51N3O7Si/c1-32-44(58(4,5)39-24-22-38(56-3)23-25-39)42(29-43(52)49(26-27-51)30-33-12-7-6-8-13-33)57-47(32)40-16-9-10-17-41(40)50(46(47)54)31-34-14-11-15-36(28-34)48-45(53)35-18-20-37(55-2)21-19-35/h6-25,28,32,42,44,51H,26-27,29-31H2,1-5H3,(H,48,53)/t32-,42+,44-,47+/m0/s1. The second kappa shape index (κ2) is 17.0. The number of aliphatic hydroxyl groups excluding tert-OH is 1. The van der Waals surface area contributed by atoms with Crippen molar-refractivity contribution in [3.63, 3.8) is 0 Å². The Bertz CT molecular complexity index is 2250. The van der Waals surface area contributed by atoms with Crippen LogP contribution in [-0.4, -0.2) is 69.3 Å². The van der Waals surface area contributed by atoms with Crippen LogP contribution in [0.3, 0.4) is 0 Å². The Labute approximate surface area is 341 Å². The van der Waals surface area contributed by atoms with Crippen molar-refractivity contribution in [1.82, 2.24) is 4.90 Å². The molecular formula is C47H51N3O7Si. The van der Waals surface area contributed by atoms with Gasteiger partial charge in [0, 0.05) is 35.8 Å². The number of aliphatic hydroxyl groups is 1. The molecule has 0 saturated carbocycles. The highest BCUT2D eigenvalue weighted by molar-refractivity contribution is 6.91. The lowest BCUT2D eigenvalue weighted by Crippen LogP contribution is -2.52. The first-order valence-corrected chi connectivity index (χ1v) is 22.8. The number of hydrogen-bond donors (Lipinski definition) is 2. The summed E-state index contributed by atoms with van der Waals surface area (Å²) in [6.07, 6.45) is -0.529. The van der Waals surface area contributed by atoms with Crippen molar-refractivity contribution in [3.05, 3.63) is 150 Å². The summed E-state index contributed by atoms with van der Waals surface area (Å²) in [5.41, 5.74) is 2.94. The third-order valence-electron chi connectivity index (χ3n) is 11.9. The summed E-state index contributed by atoms with van der Waals surface area (Å²) >= 11 is 0. The molecule has 11 heteroatoms. The number of methoxy groups -OCH3 is 2. The molecule has 2 heterocycles. The molecule has 10 nitrogen and oxygen atoms in total. The van der Waals surface area contributed by atoms with Gasteiger partial charge >= 0.3 is 0 Å². The van der Waals surface area contributed by atoms with E-state index in [1.807, 2.05) is 91.0 Å². The smallest absolute Gasteiger partial charge is 0.264 e. The normalized spacial score (nSPS) is 19.9. The third-order valence-corrected chi connectivity index (χ3v) is 16.3. The van der Waals surface area contributed by atoms with Crippen molar-refractivity contribution >= 4 is 42.4 Å². The van der Waals surface area contributed by atoms with Crippen LogP contribution < -0.4 is 24.9 Å². The van der Waals surface area contributed by atoms with E-state index >= 15 is 4.79 Å². The molecule has 5 aromatic rings. The Kier molecular flexibility index (Phi) is 11.9. The molecule has 300 valence electrons. The van der Waals surface area contributed by atoms with E-state index in [1.54, 1.807) is 48.3 Å². The molecule has 4 atom stereocenters. The Morgan fingerprint density at radius 3 is 2.16 bits per heavy atom. The van der Waals surface area contributed by atoms with E-state index in [9.17, 15) is 14.7 Å². The molecule has 2 aliphatic rings. The lowest BCUT2D eigenvalue weighted by molar-refractivity contribution is -0.150. The molecule has 0 radical (unpaired) electrons. The van der Waals surface area contributed by atoms with E-state index < -0.39 is 19.8 Å². The lowest BCUT2D eigenvalue weighted by Gasteiger charge is -2.37. The predicted octanol–water partition coefficient (Wildman–Crippen LogP) is 7.13. The van der Waals surface area contributed by atoms with Gasteiger partial charge in [-0.15, -0.1) is 0 Å². The first-order chi connectivity index (χ1) is 28.0. The molecule has 0 bridgehead atoms. The molecule has 1 saturated heterocycles. The van der Waals surface area contributed by atoms with Crippen molar-refractivity contribution in [2.24, 2.45) is 5.92 Å². The molecule has 0 unspecified atom stereocenters. The van der Waals surface area contributed by atoms with Crippen LogP contribution in [0.2, 0.25) is 18.6 Å². The van der Waals surface area contributed by atoms with Gasteiger partial charge in [0.2, 0.25) is 5.91 Å². The fraction of sp³-hybridized carbons (Fsp3) is 0.298.